The maximum atomic E-state index is 9.32. The Labute approximate surface area is 125 Å². The van der Waals surface area contributed by atoms with Crippen LogP contribution in [0.3, 0.4) is 0 Å². The monoisotopic (exact) mass is 281 g/mol. The zero-order valence-electron chi connectivity index (χ0n) is 12.8. The van der Waals surface area contributed by atoms with E-state index in [1.54, 1.807) is 0 Å². The minimum atomic E-state index is -0.350. The lowest BCUT2D eigenvalue weighted by Gasteiger charge is -2.38. The number of benzene rings is 1. The summed E-state index contributed by atoms with van der Waals surface area (Å²) < 4.78 is 7.82. The lowest BCUT2D eigenvalue weighted by Crippen LogP contribution is -2.37. The third kappa shape index (κ3) is 2.20. The van der Waals surface area contributed by atoms with Crippen LogP contribution in [0.5, 0.6) is 0 Å². The minimum absolute atomic E-state index is 0.00950. The first-order chi connectivity index (χ1) is 9.92. The molecule has 1 aromatic carbocycles. The van der Waals surface area contributed by atoms with Crippen LogP contribution in [0.1, 0.15) is 32.0 Å². The number of aryl methyl sites for hydroxylation is 1. The Morgan fingerprint density at radius 3 is 2.81 bits per heavy atom. The number of rotatable bonds is 1. The summed E-state index contributed by atoms with van der Waals surface area (Å²) in [7, 11) is 1.89. The highest BCUT2D eigenvalue weighted by molar-refractivity contribution is 5.73. The van der Waals surface area contributed by atoms with Gasteiger partial charge in [-0.1, -0.05) is 6.07 Å². The third-order valence-corrected chi connectivity index (χ3v) is 3.99. The molecule has 0 bridgehead atoms. The number of anilines is 1. The number of nitriles is 1. The molecule has 0 amide bonds. The summed E-state index contributed by atoms with van der Waals surface area (Å²) in [5.41, 5.74) is 4.53. The van der Waals surface area contributed by atoms with Gasteiger partial charge in [-0.25, -0.2) is 0 Å². The second kappa shape index (κ2) is 4.64. The predicted molar refractivity (Wildman–Crippen MR) is 82.8 cm³/mol. The van der Waals surface area contributed by atoms with E-state index in [0.29, 0.717) is 5.69 Å². The standard InChI is InChI=1S/C17H19N3O/c1-11-19-15-6-5-12(9-14(15)17(2,3)21-11)13-7-8-20(4)16(13)10-18/h5-9,11,19H,1-4H3/t11-/m0/s1. The molecule has 4 nitrogen and oxygen atoms in total. The first kappa shape index (κ1) is 13.7. The second-order valence-electron chi connectivity index (χ2n) is 5.98. The molecule has 1 N–H and O–H groups in total. The summed E-state index contributed by atoms with van der Waals surface area (Å²) in [6, 6.07) is 10.5. The molecule has 108 valence electrons. The summed E-state index contributed by atoms with van der Waals surface area (Å²) in [4.78, 5) is 0. The van der Waals surface area contributed by atoms with E-state index < -0.39 is 0 Å². The van der Waals surface area contributed by atoms with Gasteiger partial charge in [-0.05, 0) is 44.5 Å². The molecule has 0 radical (unpaired) electrons. The molecule has 2 aromatic rings. The van der Waals surface area contributed by atoms with Crippen LogP contribution in [0, 0.1) is 11.3 Å². The smallest absolute Gasteiger partial charge is 0.127 e. The Bertz CT molecular complexity index is 737. The minimum Gasteiger partial charge on any atom is -0.360 e. The Hall–Kier alpha value is -2.25. The average molecular weight is 281 g/mol. The molecule has 21 heavy (non-hydrogen) atoms. The summed E-state index contributed by atoms with van der Waals surface area (Å²) in [5, 5.41) is 12.7. The fraction of sp³-hybridized carbons (Fsp3) is 0.353. The second-order valence-corrected chi connectivity index (χ2v) is 5.98. The van der Waals surface area contributed by atoms with E-state index in [2.05, 4.69) is 43.4 Å². The maximum absolute atomic E-state index is 9.32. The van der Waals surface area contributed by atoms with E-state index in [0.717, 1.165) is 22.4 Å². The van der Waals surface area contributed by atoms with Gasteiger partial charge in [0.25, 0.3) is 0 Å². The lowest BCUT2D eigenvalue weighted by molar-refractivity contribution is -0.0632. The van der Waals surface area contributed by atoms with Crippen LogP contribution in [0.2, 0.25) is 0 Å². The van der Waals surface area contributed by atoms with Crippen LogP contribution in [0.4, 0.5) is 5.69 Å². The zero-order valence-corrected chi connectivity index (χ0v) is 12.8. The quantitative estimate of drug-likeness (QED) is 0.869. The average Bonchev–Trinajstić information content (AvgIpc) is 2.78. The first-order valence-corrected chi connectivity index (χ1v) is 7.07. The van der Waals surface area contributed by atoms with Crippen LogP contribution < -0.4 is 5.32 Å². The van der Waals surface area contributed by atoms with E-state index in [1.807, 2.05) is 30.8 Å². The van der Waals surface area contributed by atoms with E-state index in [4.69, 9.17) is 4.74 Å². The Balaban J connectivity index is 2.14. The van der Waals surface area contributed by atoms with Crippen LogP contribution in [-0.2, 0) is 17.4 Å². The van der Waals surface area contributed by atoms with E-state index >= 15 is 0 Å². The van der Waals surface area contributed by atoms with Crippen molar-refractivity contribution in [3.05, 3.63) is 41.7 Å². The molecule has 0 saturated carbocycles. The van der Waals surface area contributed by atoms with Crippen LogP contribution in [0.15, 0.2) is 30.5 Å². The van der Waals surface area contributed by atoms with Crippen molar-refractivity contribution < 1.29 is 4.74 Å². The van der Waals surface area contributed by atoms with E-state index in [1.165, 1.54) is 0 Å². The Kier molecular flexibility index (Phi) is 3.03. The molecule has 0 saturated heterocycles. The van der Waals surface area contributed by atoms with Crippen molar-refractivity contribution in [2.24, 2.45) is 7.05 Å². The number of hydrogen-bond acceptors (Lipinski definition) is 3. The molecule has 3 rings (SSSR count). The van der Waals surface area contributed by atoms with Crippen LogP contribution in [0.25, 0.3) is 11.1 Å². The molecule has 0 aliphatic carbocycles. The number of fused-ring (bicyclic) bond motifs is 1. The van der Waals surface area contributed by atoms with E-state index in [-0.39, 0.29) is 11.8 Å². The molecule has 1 aromatic heterocycles. The van der Waals surface area contributed by atoms with Crippen molar-refractivity contribution >= 4 is 5.69 Å². The summed E-state index contributed by atoms with van der Waals surface area (Å²) in [6.07, 6.45) is 1.90. The van der Waals surface area contributed by atoms with Gasteiger partial charge in [0.1, 0.15) is 18.0 Å². The Morgan fingerprint density at radius 1 is 1.33 bits per heavy atom. The van der Waals surface area contributed by atoms with Gasteiger partial charge in [0.2, 0.25) is 0 Å². The summed E-state index contributed by atoms with van der Waals surface area (Å²) >= 11 is 0. The number of aromatic nitrogens is 1. The molecular formula is C17H19N3O. The van der Waals surface area contributed by atoms with Crippen molar-refractivity contribution in [3.8, 4) is 17.2 Å². The molecule has 0 fully saturated rings. The molecule has 1 aliphatic heterocycles. The molecule has 4 heteroatoms. The topological polar surface area (TPSA) is 50.0 Å². The SMILES string of the molecule is C[C@H]1Nc2ccc(-c3ccn(C)c3C#N)cc2C(C)(C)O1. The summed E-state index contributed by atoms with van der Waals surface area (Å²) in [5.74, 6) is 0. The zero-order chi connectivity index (χ0) is 15.2. The fourth-order valence-electron chi connectivity index (χ4n) is 2.99. The van der Waals surface area contributed by atoms with Crippen molar-refractivity contribution in [2.75, 3.05) is 5.32 Å². The highest BCUT2D eigenvalue weighted by Gasteiger charge is 2.32. The van der Waals surface area contributed by atoms with Gasteiger partial charge in [0.05, 0.1) is 5.60 Å². The predicted octanol–water partition coefficient (Wildman–Crippen LogP) is 3.59. The van der Waals surface area contributed by atoms with Gasteiger partial charge in [-0.3, -0.25) is 0 Å². The normalized spacial score (nSPS) is 19.5. The molecular weight excluding hydrogens is 262 g/mol. The molecule has 2 heterocycles. The van der Waals surface area contributed by atoms with Crippen LogP contribution in [-0.4, -0.2) is 10.8 Å². The number of hydrogen-bond donors (Lipinski definition) is 1. The Morgan fingerprint density at radius 2 is 2.10 bits per heavy atom. The maximum Gasteiger partial charge on any atom is 0.127 e. The van der Waals surface area contributed by atoms with Crippen molar-refractivity contribution in [1.82, 2.24) is 4.57 Å². The molecule has 0 spiro atoms. The number of nitrogens with one attached hydrogen (secondary N) is 1. The van der Waals surface area contributed by atoms with Crippen molar-refractivity contribution in [2.45, 2.75) is 32.6 Å². The van der Waals surface area contributed by atoms with Gasteiger partial charge in [0.15, 0.2) is 0 Å². The molecule has 1 atom stereocenters. The third-order valence-electron chi connectivity index (χ3n) is 3.99. The number of nitrogens with zero attached hydrogens (tertiary/aromatic N) is 2. The molecule has 1 aliphatic rings. The van der Waals surface area contributed by atoms with Gasteiger partial charge in [0, 0.05) is 30.1 Å². The van der Waals surface area contributed by atoms with Crippen LogP contribution >= 0.6 is 0 Å². The van der Waals surface area contributed by atoms with Gasteiger partial charge < -0.3 is 14.6 Å². The largest absolute Gasteiger partial charge is 0.360 e. The first-order valence-electron chi connectivity index (χ1n) is 7.07. The van der Waals surface area contributed by atoms with Crippen molar-refractivity contribution in [1.29, 1.82) is 5.26 Å². The highest BCUT2D eigenvalue weighted by Crippen LogP contribution is 2.39. The fourth-order valence-corrected chi connectivity index (χ4v) is 2.99. The highest BCUT2D eigenvalue weighted by atomic mass is 16.5. The lowest BCUT2D eigenvalue weighted by atomic mass is 9.91. The summed E-state index contributed by atoms with van der Waals surface area (Å²) in [6.45, 7) is 6.15. The van der Waals surface area contributed by atoms with Crippen molar-refractivity contribution in [3.63, 3.8) is 0 Å². The number of ether oxygens (including phenoxy) is 1. The van der Waals surface area contributed by atoms with Gasteiger partial charge in [-0.15, -0.1) is 0 Å². The molecule has 0 unspecified atom stereocenters. The van der Waals surface area contributed by atoms with E-state index in [9.17, 15) is 5.26 Å². The van der Waals surface area contributed by atoms with Gasteiger partial charge >= 0.3 is 0 Å². The van der Waals surface area contributed by atoms with Gasteiger partial charge in [-0.2, -0.15) is 5.26 Å².